The fraction of sp³-hybridized carbons (Fsp3) is 0. The van der Waals surface area contributed by atoms with Crippen LogP contribution in [0.5, 0.6) is 0 Å². The van der Waals surface area contributed by atoms with Gasteiger partial charge < -0.3 is 0 Å². The van der Waals surface area contributed by atoms with Crippen LogP contribution in [-0.2, 0) is 0 Å². The Morgan fingerprint density at radius 1 is 0.750 bits per heavy atom. The Hall–Kier alpha value is 0.110. The predicted octanol–water partition coefficient (Wildman–Crippen LogP) is -3.11. The van der Waals surface area contributed by atoms with Gasteiger partial charge in [-0.1, -0.05) is 12.1 Å². The maximum Gasteiger partial charge on any atom is 1.00 e. The molecule has 0 saturated heterocycles. The molecule has 0 aliphatic carbocycles. The maximum absolute atomic E-state index is 4.21. The van der Waals surface area contributed by atoms with Gasteiger partial charge in [-0.25, -0.2) is 18.4 Å². The van der Waals surface area contributed by atoms with Crippen LogP contribution in [-0.4, -0.2) is 4.98 Å². The first-order valence-corrected chi connectivity index (χ1v) is 4.59. The van der Waals surface area contributed by atoms with Gasteiger partial charge in [-0.15, -0.1) is 23.9 Å². The molecule has 0 radical (unpaired) electrons. The monoisotopic (exact) mass is 227 g/mol. The summed E-state index contributed by atoms with van der Waals surface area (Å²) in [5, 5.41) is 0. The van der Waals surface area contributed by atoms with Crippen molar-refractivity contribution >= 4 is 0 Å². The summed E-state index contributed by atoms with van der Waals surface area (Å²) >= 11 is 0. The normalized spacial score (nSPS) is 8.25. The van der Waals surface area contributed by atoms with Crippen molar-refractivity contribution in [2.75, 3.05) is 0 Å². The zero-order chi connectivity index (χ0) is 9.64. The molecule has 1 aromatic heterocycles. The second-order valence-corrected chi connectivity index (χ2v) is 3.00. The van der Waals surface area contributed by atoms with E-state index in [4.69, 9.17) is 0 Å². The number of hydrogen-bond acceptors (Lipinski definition) is 1. The van der Waals surface area contributed by atoms with Crippen LogP contribution in [0.25, 0.3) is 0 Å². The largest absolute Gasteiger partial charge is 1.00 e. The van der Waals surface area contributed by atoms with Crippen molar-refractivity contribution in [1.29, 1.82) is 0 Å². The average molecular weight is 227 g/mol. The Kier molecular flexibility index (Phi) is 9.24. The molecule has 0 atom stereocenters. The topological polar surface area (TPSA) is 12.9 Å². The SMILES string of the molecule is [Na+].[Na+].c1ccc([CH-][CH-]c2ccccn2)cc1. The number of benzene rings is 1. The smallest absolute Gasteiger partial charge is 0.296 e. The van der Waals surface area contributed by atoms with E-state index in [9.17, 15) is 0 Å². The minimum absolute atomic E-state index is 0. The molecule has 1 aromatic carbocycles. The Morgan fingerprint density at radius 3 is 2.06 bits per heavy atom. The Balaban J connectivity index is 0.00000112. The quantitative estimate of drug-likeness (QED) is 0.400. The first-order chi connectivity index (χ1) is 6.95. The van der Waals surface area contributed by atoms with Gasteiger partial charge in [0.2, 0.25) is 0 Å². The summed E-state index contributed by atoms with van der Waals surface area (Å²) in [5.74, 6) is 0. The molecule has 1 heterocycles. The molecule has 2 rings (SSSR count). The van der Waals surface area contributed by atoms with Gasteiger partial charge in [-0.2, -0.15) is 18.2 Å². The molecule has 0 saturated carbocycles. The summed E-state index contributed by atoms with van der Waals surface area (Å²) in [6.07, 6.45) is 5.86. The molecule has 0 bridgehead atoms. The van der Waals surface area contributed by atoms with Crippen LogP contribution in [0.3, 0.4) is 0 Å². The molecule has 16 heavy (non-hydrogen) atoms. The summed E-state index contributed by atoms with van der Waals surface area (Å²) in [6, 6.07) is 16.1. The average Bonchev–Trinajstić information content (AvgIpc) is 2.29. The fourth-order valence-electron chi connectivity index (χ4n) is 1.22. The Labute approximate surface area is 141 Å². The third kappa shape index (κ3) is 5.44. The van der Waals surface area contributed by atoms with Crippen LogP contribution in [0.2, 0.25) is 0 Å². The van der Waals surface area contributed by atoms with E-state index in [0.29, 0.717) is 0 Å². The molecule has 70 valence electrons. The number of hydrogen-bond donors (Lipinski definition) is 0. The van der Waals surface area contributed by atoms with Crippen LogP contribution in [0.15, 0.2) is 54.7 Å². The second kappa shape index (κ2) is 9.17. The van der Waals surface area contributed by atoms with E-state index >= 15 is 0 Å². The molecule has 0 amide bonds. The Morgan fingerprint density at radius 2 is 1.44 bits per heavy atom. The van der Waals surface area contributed by atoms with Gasteiger partial charge in [0, 0.05) is 6.20 Å². The number of nitrogens with zero attached hydrogens (tertiary/aromatic N) is 1. The van der Waals surface area contributed by atoms with Crippen molar-refractivity contribution < 1.29 is 59.1 Å². The van der Waals surface area contributed by atoms with E-state index < -0.39 is 0 Å². The molecule has 0 unspecified atom stereocenters. The van der Waals surface area contributed by atoms with E-state index in [1.54, 1.807) is 6.20 Å². The van der Waals surface area contributed by atoms with Gasteiger partial charge in [-0.05, 0) is 0 Å². The van der Waals surface area contributed by atoms with Crippen molar-refractivity contribution in [2.24, 2.45) is 0 Å². The van der Waals surface area contributed by atoms with Crippen LogP contribution in [0.4, 0.5) is 0 Å². The zero-order valence-electron chi connectivity index (χ0n) is 9.80. The van der Waals surface area contributed by atoms with Crippen molar-refractivity contribution in [1.82, 2.24) is 4.98 Å². The number of rotatable bonds is 3. The molecular weight excluding hydrogens is 216 g/mol. The Bertz CT molecular complexity index is 336. The van der Waals surface area contributed by atoms with Crippen LogP contribution in [0, 0.1) is 12.8 Å². The van der Waals surface area contributed by atoms with Crippen LogP contribution < -0.4 is 59.1 Å². The fourth-order valence-corrected chi connectivity index (χ4v) is 1.22. The number of pyridine rings is 1. The van der Waals surface area contributed by atoms with Crippen molar-refractivity contribution in [2.45, 2.75) is 0 Å². The van der Waals surface area contributed by atoms with Gasteiger partial charge in [0.1, 0.15) is 0 Å². The molecule has 0 spiro atoms. The molecule has 2 aromatic rings. The van der Waals surface area contributed by atoms with Gasteiger partial charge in [0.05, 0.1) is 0 Å². The van der Waals surface area contributed by atoms with Gasteiger partial charge in [0.25, 0.3) is 0 Å². The van der Waals surface area contributed by atoms with Crippen molar-refractivity contribution in [3.63, 3.8) is 0 Å². The van der Waals surface area contributed by atoms with Crippen LogP contribution in [0.1, 0.15) is 11.3 Å². The van der Waals surface area contributed by atoms with E-state index in [1.807, 2.05) is 42.8 Å². The summed E-state index contributed by atoms with van der Waals surface area (Å²) in [5.41, 5.74) is 2.18. The van der Waals surface area contributed by atoms with Crippen LogP contribution >= 0.6 is 0 Å². The van der Waals surface area contributed by atoms with Gasteiger partial charge >= 0.3 is 59.1 Å². The van der Waals surface area contributed by atoms with E-state index in [2.05, 4.69) is 23.5 Å². The van der Waals surface area contributed by atoms with Crippen molar-refractivity contribution in [3.8, 4) is 0 Å². The summed E-state index contributed by atoms with van der Waals surface area (Å²) in [7, 11) is 0. The minimum atomic E-state index is 0. The van der Waals surface area contributed by atoms with E-state index in [1.165, 1.54) is 5.56 Å². The molecule has 0 aliphatic rings. The summed E-state index contributed by atoms with van der Waals surface area (Å²) < 4.78 is 0. The van der Waals surface area contributed by atoms with E-state index in [-0.39, 0.29) is 59.1 Å². The number of aromatic nitrogens is 1. The van der Waals surface area contributed by atoms with E-state index in [0.717, 1.165) is 5.69 Å². The molecule has 1 nitrogen and oxygen atoms in total. The first kappa shape index (κ1) is 16.1. The third-order valence-corrected chi connectivity index (χ3v) is 1.93. The summed E-state index contributed by atoms with van der Waals surface area (Å²) in [4.78, 5) is 4.21. The third-order valence-electron chi connectivity index (χ3n) is 1.93. The summed E-state index contributed by atoms with van der Waals surface area (Å²) in [6.45, 7) is 0. The minimum Gasteiger partial charge on any atom is -0.296 e. The predicted molar refractivity (Wildman–Crippen MR) is 57.5 cm³/mol. The molecular formula is C13H11NNa2. The zero-order valence-corrected chi connectivity index (χ0v) is 13.8. The van der Waals surface area contributed by atoms with Gasteiger partial charge in [-0.3, -0.25) is 4.98 Å². The molecule has 0 aliphatic heterocycles. The van der Waals surface area contributed by atoms with Crippen molar-refractivity contribution in [3.05, 3.63) is 78.8 Å². The molecule has 3 heteroatoms. The molecule has 0 fully saturated rings. The second-order valence-electron chi connectivity index (χ2n) is 3.00. The first-order valence-electron chi connectivity index (χ1n) is 4.59. The maximum atomic E-state index is 4.21. The standard InChI is InChI=1S/C13H11N.2Na/c1-2-6-12(7-3-1)9-10-13-8-4-5-11-14-13;;/h1-11H;;/q-2;2*+1. The van der Waals surface area contributed by atoms with Gasteiger partial charge in [0.15, 0.2) is 0 Å². The molecule has 0 N–H and O–H groups in total.